The minimum Gasteiger partial charge on any atom is -0.124 e. The highest BCUT2D eigenvalue weighted by molar-refractivity contribution is 5.35. The minimum absolute atomic E-state index is 0.488. The lowest BCUT2D eigenvalue weighted by Crippen LogP contribution is -2.34. The number of allylic oxidation sites excluding steroid dienone is 4. The summed E-state index contributed by atoms with van der Waals surface area (Å²) < 4.78 is 0. The molecule has 2 rings (SSSR count). The maximum absolute atomic E-state index is 5.45. The van der Waals surface area contributed by atoms with Crippen molar-refractivity contribution in [3.8, 4) is 25.2 Å². The Balaban J connectivity index is -0.000000645. The van der Waals surface area contributed by atoms with Gasteiger partial charge in [0.2, 0.25) is 0 Å². The minimum atomic E-state index is 0.488. The molecule has 1 saturated carbocycles. The van der Waals surface area contributed by atoms with Gasteiger partial charge in [0.15, 0.2) is 0 Å². The van der Waals surface area contributed by atoms with Gasteiger partial charge in [0.05, 0.1) is 0 Å². The molecule has 0 aromatic heterocycles. The van der Waals surface area contributed by atoms with Gasteiger partial charge in [-0.3, -0.25) is 0 Å². The molecule has 0 heteroatoms. The summed E-state index contributed by atoms with van der Waals surface area (Å²) in [6.07, 6.45) is 22.5. The fourth-order valence-electron chi connectivity index (χ4n) is 5.75. The molecular formula is C39H62. The molecule has 39 heavy (non-hydrogen) atoms. The van der Waals surface area contributed by atoms with Crippen LogP contribution in [0.3, 0.4) is 0 Å². The third-order valence-electron chi connectivity index (χ3n) is 7.96. The van der Waals surface area contributed by atoms with E-state index < -0.39 is 0 Å². The number of terminal acetylenes is 2. The molecule has 0 nitrogen and oxygen atoms in total. The van der Waals surface area contributed by atoms with Gasteiger partial charge in [0.1, 0.15) is 0 Å². The summed E-state index contributed by atoms with van der Waals surface area (Å²) in [5.41, 5.74) is 8.02. The van der Waals surface area contributed by atoms with Crippen LogP contribution in [0.4, 0.5) is 0 Å². The maximum Gasteiger partial charge on any atom is 0.0242 e. The van der Waals surface area contributed by atoms with Gasteiger partial charge in [-0.15, -0.1) is 32.4 Å². The molecule has 1 aromatic carbocycles. The molecule has 0 saturated heterocycles. The smallest absolute Gasteiger partial charge is 0.0242 e. The van der Waals surface area contributed by atoms with Gasteiger partial charge >= 0.3 is 0 Å². The van der Waals surface area contributed by atoms with Crippen LogP contribution in [-0.2, 0) is 0 Å². The van der Waals surface area contributed by atoms with E-state index in [2.05, 4.69) is 111 Å². The van der Waals surface area contributed by atoms with E-state index in [1.54, 1.807) is 0 Å². The average Bonchev–Trinajstić information content (AvgIpc) is 2.95. The molecule has 0 amide bonds. The van der Waals surface area contributed by atoms with Crippen LogP contribution in [0.15, 0.2) is 72.9 Å². The predicted octanol–water partition coefficient (Wildman–Crippen LogP) is 12.3. The maximum atomic E-state index is 5.45. The Morgan fingerprint density at radius 3 is 1.62 bits per heavy atom. The zero-order chi connectivity index (χ0) is 31.2. The number of hydrogen-bond donors (Lipinski definition) is 0. The van der Waals surface area contributed by atoms with Crippen LogP contribution >= 0.6 is 0 Å². The average molecular weight is 531 g/mol. The molecule has 1 fully saturated rings. The molecule has 1 aliphatic rings. The molecule has 0 spiro atoms. The van der Waals surface area contributed by atoms with Crippen LogP contribution in [0, 0.1) is 42.4 Å². The zero-order valence-corrected chi connectivity index (χ0v) is 27.6. The zero-order valence-electron chi connectivity index (χ0n) is 27.6. The Bertz CT molecular complexity index is 878. The Morgan fingerprint density at radius 2 is 1.33 bits per heavy atom. The first kappa shape index (κ1) is 40.8. The van der Waals surface area contributed by atoms with Gasteiger partial charge in [-0.1, -0.05) is 102 Å². The van der Waals surface area contributed by atoms with Gasteiger partial charge in [0.25, 0.3) is 0 Å². The van der Waals surface area contributed by atoms with Crippen molar-refractivity contribution in [2.24, 2.45) is 17.3 Å². The van der Waals surface area contributed by atoms with Gasteiger partial charge in [-0.05, 0) is 106 Å². The molecule has 0 bridgehead atoms. The molecule has 0 atom stereocenters. The molecule has 0 unspecified atom stereocenters. The summed E-state index contributed by atoms with van der Waals surface area (Å²) >= 11 is 0. The monoisotopic (exact) mass is 530 g/mol. The molecule has 0 radical (unpaired) electrons. The van der Waals surface area contributed by atoms with E-state index in [0.29, 0.717) is 5.41 Å². The highest BCUT2D eigenvalue weighted by Gasteiger charge is 2.37. The first-order valence-electron chi connectivity index (χ1n) is 14.8. The highest BCUT2D eigenvalue weighted by Crippen LogP contribution is 2.48. The number of hydrogen-bond acceptors (Lipinski definition) is 0. The lowest BCUT2D eigenvalue weighted by atomic mass is 9.61. The first-order valence-corrected chi connectivity index (χ1v) is 14.8. The number of rotatable bonds is 8. The van der Waals surface area contributed by atoms with Crippen LogP contribution in [0.5, 0.6) is 0 Å². The molecule has 1 aliphatic carbocycles. The van der Waals surface area contributed by atoms with Gasteiger partial charge < -0.3 is 0 Å². The summed E-state index contributed by atoms with van der Waals surface area (Å²) in [6, 6.07) is 8.67. The molecule has 0 heterocycles. The number of benzene rings is 1. The quantitative estimate of drug-likeness (QED) is 0.178. The second-order valence-corrected chi connectivity index (χ2v) is 11.0. The normalized spacial score (nSPS) is 15.6. The van der Waals surface area contributed by atoms with Crippen molar-refractivity contribution in [3.05, 3.63) is 84.0 Å². The van der Waals surface area contributed by atoms with Crippen LogP contribution in [0.2, 0.25) is 0 Å². The third-order valence-corrected chi connectivity index (χ3v) is 7.96. The van der Waals surface area contributed by atoms with Crippen molar-refractivity contribution in [1.82, 2.24) is 0 Å². The van der Waals surface area contributed by atoms with Crippen molar-refractivity contribution < 1.29 is 0 Å². The van der Waals surface area contributed by atoms with E-state index >= 15 is 0 Å². The standard InChI is InChI=1S/C22H32.C11H18.C2H6.C2H4.C2H2/c1-6-17-9-11-18(12-10-17)19-13-15-21(16-14-19)22(4,5)20(7-2)8-3;1-8(2)7-11(9(3)4)10(5)6;3*1-2/h1,9-12,19-21H,7-8,13-16H2,2-5H3;1,3,7H2,2,4-6H3;1-2H3;1-2H2;1-2H. The van der Waals surface area contributed by atoms with Crippen molar-refractivity contribution in [2.75, 3.05) is 0 Å². The van der Waals surface area contributed by atoms with Crippen LogP contribution < -0.4 is 0 Å². The van der Waals surface area contributed by atoms with Crippen LogP contribution in [-0.4, -0.2) is 0 Å². The Hall–Kier alpha value is -2.70. The summed E-state index contributed by atoms with van der Waals surface area (Å²) in [5.74, 6) is 5.20. The van der Waals surface area contributed by atoms with Crippen LogP contribution in [0.1, 0.15) is 131 Å². The van der Waals surface area contributed by atoms with E-state index in [-0.39, 0.29) is 0 Å². The van der Waals surface area contributed by atoms with Crippen molar-refractivity contribution in [3.63, 3.8) is 0 Å². The third kappa shape index (κ3) is 14.9. The van der Waals surface area contributed by atoms with Gasteiger partial charge in [0, 0.05) is 5.56 Å². The Labute approximate surface area is 246 Å². The molecule has 0 N–H and O–H groups in total. The molecular weight excluding hydrogens is 468 g/mol. The second-order valence-electron chi connectivity index (χ2n) is 11.0. The Morgan fingerprint density at radius 1 is 0.897 bits per heavy atom. The lowest BCUT2D eigenvalue weighted by molar-refractivity contribution is 0.0724. The van der Waals surface area contributed by atoms with E-state index in [1.807, 2.05) is 27.7 Å². The molecule has 218 valence electrons. The summed E-state index contributed by atoms with van der Waals surface area (Å²) in [7, 11) is 0. The largest absolute Gasteiger partial charge is 0.124 e. The molecule has 1 aromatic rings. The van der Waals surface area contributed by atoms with E-state index in [0.717, 1.165) is 35.3 Å². The summed E-state index contributed by atoms with van der Waals surface area (Å²) in [6.45, 7) is 35.9. The van der Waals surface area contributed by atoms with Gasteiger partial charge in [-0.2, -0.15) is 0 Å². The van der Waals surface area contributed by atoms with Crippen molar-refractivity contribution in [1.29, 1.82) is 0 Å². The lowest BCUT2D eigenvalue weighted by Gasteiger charge is -2.44. The fraction of sp³-hybridized carbons (Fsp3) is 0.538. The molecule has 0 aliphatic heterocycles. The van der Waals surface area contributed by atoms with E-state index in [4.69, 9.17) is 6.42 Å². The summed E-state index contributed by atoms with van der Waals surface area (Å²) in [5, 5.41) is 0. The first-order chi connectivity index (χ1) is 18.5. The second kappa shape index (κ2) is 23.2. The summed E-state index contributed by atoms with van der Waals surface area (Å²) in [4.78, 5) is 0. The SMILES string of the molecule is C#C.C#Cc1ccc(C2CCC(C(C)(C)C(CC)CC)CC2)cc1.C=C.C=C(C)CC(C(=C)C)=C(C)C.CC. The van der Waals surface area contributed by atoms with E-state index in [9.17, 15) is 0 Å². The fourth-order valence-corrected chi connectivity index (χ4v) is 5.75. The topological polar surface area (TPSA) is 0 Å². The Kier molecular flexibility index (Phi) is 24.3. The predicted molar refractivity (Wildman–Crippen MR) is 182 cm³/mol. The van der Waals surface area contributed by atoms with Gasteiger partial charge in [-0.25, -0.2) is 0 Å². The van der Waals surface area contributed by atoms with Crippen molar-refractivity contribution in [2.45, 2.75) is 120 Å². The van der Waals surface area contributed by atoms with Crippen molar-refractivity contribution >= 4 is 0 Å². The highest BCUT2D eigenvalue weighted by atomic mass is 14.4. The van der Waals surface area contributed by atoms with Crippen LogP contribution in [0.25, 0.3) is 0 Å². The van der Waals surface area contributed by atoms with E-state index in [1.165, 1.54) is 60.8 Å².